The number of nitrogens with one attached hydrogen (secondary N) is 2. The van der Waals surface area contributed by atoms with Crippen molar-refractivity contribution >= 4 is 11.8 Å². The molecule has 10 heterocycles. The zero-order chi connectivity index (χ0) is 85.9. The van der Waals surface area contributed by atoms with Crippen LogP contribution in [0, 0.1) is 0 Å². The average Bonchev–Trinajstić information content (AvgIpc) is 0.773. The third-order valence-electron chi connectivity index (χ3n) is 21.7. The first kappa shape index (κ1) is 96.2. The third kappa shape index (κ3) is 20.7. The number of carbonyl (C=O) groups is 2. The van der Waals surface area contributed by atoms with Crippen LogP contribution in [0.25, 0.3) is 0 Å². The number of rotatable bonds is 30. The molecule has 10 rings (SSSR count). The van der Waals surface area contributed by atoms with Gasteiger partial charge < -0.3 is 254 Å². The largest absolute Gasteiger partial charge is 0.394 e. The second-order valence-electron chi connectivity index (χ2n) is 29.5. The second kappa shape index (κ2) is 41.9. The number of aliphatic hydroxyl groups is 30. The summed E-state index contributed by atoms with van der Waals surface area (Å²) in [6.07, 6.45) is -104. The molecule has 0 radical (unpaired) electrons. The van der Waals surface area contributed by atoms with Crippen molar-refractivity contribution in [3.05, 3.63) is 0 Å². The molecular formula is C64H108N2O51. The Hall–Kier alpha value is -3.02. The molecule has 0 aromatic carbocycles. The quantitative estimate of drug-likeness (QED) is 0.0318. The molecule has 117 heavy (non-hydrogen) atoms. The fourth-order valence-corrected chi connectivity index (χ4v) is 15.0. The van der Waals surface area contributed by atoms with Crippen LogP contribution in [-0.4, -0.2) is 538 Å². The van der Waals surface area contributed by atoms with E-state index in [9.17, 15) is 163 Å². The number of hydrogen-bond donors (Lipinski definition) is 32. The summed E-state index contributed by atoms with van der Waals surface area (Å²) in [4.78, 5) is 25.0. The third-order valence-corrected chi connectivity index (χ3v) is 21.7. The molecule has 10 saturated heterocycles. The van der Waals surface area contributed by atoms with E-state index in [1.165, 1.54) is 0 Å². The minimum absolute atomic E-state index is 0.785. The summed E-state index contributed by atoms with van der Waals surface area (Å²) < 4.78 is 111. The summed E-state index contributed by atoms with van der Waals surface area (Å²) in [5.74, 6) is -1.72. The van der Waals surface area contributed by atoms with Crippen molar-refractivity contribution in [2.24, 2.45) is 0 Å². The summed E-state index contributed by atoms with van der Waals surface area (Å²) in [5.41, 5.74) is 0. The van der Waals surface area contributed by atoms with Gasteiger partial charge in [0.15, 0.2) is 62.9 Å². The van der Waals surface area contributed by atoms with E-state index in [4.69, 9.17) is 90.0 Å². The van der Waals surface area contributed by atoms with Crippen LogP contribution < -0.4 is 10.6 Å². The average molecular weight is 1720 g/mol. The van der Waals surface area contributed by atoms with Gasteiger partial charge in [-0.05, 0) is 0 Å². The highest BCUT2D eigenvalue weighted by Crippen LogP contribution is 2.41. The van der Waals surface area contributed by atoms with E-state index in [1.54, 1.807) is 0 Å². The maximum absolute atomic E-state index is 12.9. The van der Waals surface area contributed by atoms with Gasteiger partial charge >= 0.3 is 0 Å². The molecule has 2 amide bonds. The predicted octanol–water partition coefficient (Wildman–Crippen LogP) is -22.5. The first-order valence-electron chi connectivity index (χ1n) is 37.2. The standard InChI is InChI=1S/C64H108N2O51/c1-13(75)65-25-35(85)48(21(9-73)101-55(25)98)111-56-26(66-14(2)76)36(86)49(22(10-74)108-56)112-61-47(97)51(113-59-44(94)38(88)28(78)16(4-68)103-59)34(84)24(110-61)12-100-58-46(96)50(33(83)23(109-58)11-99-57-43(93)37(87)27(77)15(3-67)102-57)114-62-53(41(91)31(81)18(6-70)105-62)116-64-54(42(92)32(82)20(8-72)107-64)117-63-52(40(90)30(80)19(7-71)106-63)115-60-45(95)39(89)29(79)17(5-69)104-60/h15-64,67-74,77-98H,3-12H2,1-2H3,(H,65,75)(H,66,76)/t15-,16-,17-,18-,19-,20-,21-,22-,23-,24-,25-,26-,27-,28-,29-,30-,31-,32-,33-,34-,35-,36-,37+,38+,39+,40+,41+,42+,43+,44+,45+,46+,47+,48-,49-,50+,51+,52+,53+,54+,55?,56+,57+,58+,59-,60-,61+,62-,63-,64-/m1/s1. The Balaban J connectivity index is 0.964. The highest BCUT2D eigenvalue weighted by atomic mass is 16.8. The Morgan fingerprint density at radius 2 is 0.462 bits per heavy atom. The molecule has 680 valence electrons. The Labute approximate surface area is 660 Å². The molecule has 0 aliphatic carbocycles. The topological polar surface area (TPSA) is 840 Å². The molecule has 53 nitrogen and oxygen atoms in total. The van der Waals surface area contributed by atoms with E-state index in [-0.39, 0.29) is 0 Å². The van der Waals surface area contributed by atoms with E-state index >= 15 is 0 Å². The van der Waals surface area contributed by atoms with E-state index < -0.39 is 385 Å². The van der Waals surface area contributed by atoms with Crippen molar-refractivity contribution in [3.63, 3.8) is 0 Å². The molecule has 0 spiro atoms. The summed E-state index contributed by atoms with van der Waals surface area (Å²) in [6.45, 7) is -9.17. The van der Waals surface area contributed by atoms with Gasteiger partial charge in [-0.25, -0.2) is 0 Å². The number of carbonyl (C=O) groups excluding carboxylic acids is 2. The molecule has 10 aliphatic heterocycles. The van der Waals surface area contributed by atoms with E-state index in [1.807, 2.05) is 0 Å². The maximum Gasteiger partial charge on any atom is 0.217 e. The Bertz CT molecular complexity index is 3050. The fraction of sp³-hybridized carbons (Fsp3) is 0.969. The van der Waals surface area contributed by atoms with Gasteiger partial charge in [0, 0.05) is 13.8 Å². The molecule has 0 aromatic rings. The summed E-state index contributed by atoms with van der Waals surface area (Å²) in [5, 5.41) is 336. The normalized spacial score (nSPS) is 51.5. The van der Waals surface area contributed by atoms with Gasteiger partial charge in [-0.3, -0.25) is 9.59 Å². The highest BCUT2D eigenvalue weighted by molar-refractivity contribution is 5.73. The molecule has 10 fully saturated rings. The van der Waals surface area contributed by atoms with Crippen LogP contribution >= 0.6 is 0 Å². The van der Waals surface area contributed by atoms with Gasteiger partial charge in [0.05, 0.1) is 66.1 Å². The van der Waals surface area contributed by atoms with Crippen LogP contribution in [0.4, 0.5) is 0 Å². The number of aliphatic hydroxyl groups excluding tert-OH is 30. The van der Waals surface area contributed by atoms with Crippen LogP contribution in [0.1, 0.15) is 13.8 Å². The van der Waals surface area contributed by atoms with Crippen LogP contribution in [-0.2, 0) is 99.6 Å². The fourth-order valence-electron chi connectivity index (χ4n) is 15.0. The van der Waals surface area contributed by atoms with Crippen molar-refractivity contribution in [2.45, 2.75) is 321 Å². The number of ether oxygens (including phenoxy) is 19. The van der Waals surface area contributed by atoms with Crippen LogP contribution in [0.5, 0.6) is 0 Å². The van der Waals surface area contributed by atoms with E-state index in [2.05, 4.69) is 10.6 Å². The molecule has 1 unspecified atom stereocenters. The van der Waals surface area contributed by atoms with Gasteiger partial charge in [0.2, 0.25) is 11.8 Å². The van der Waals surface area contributed by atoms with Crippen molar-refractivity contribution < 1.29 is 253 Å². The molecule has 0 aromatic heterocycles. The van der Waals surface area contributed by atoms with Gasteiger partial charge in [0.25, 0.3) is 0 Å². The molecular weight excluding hydrogens is 1610 g/mol. The summed E-state index contributed by atoms with van der Waals surface area (Å²) in [6, 6.07) is -3.54. The van der Waals surface area contributed by atoms with E-state index in [0.717, 1.165) is 13.8 Å². The second-order valence-corrected chi connectivity index (χ2v) is 29.5. The number of amides is 2. The highest BCUT2D eigenvalue weighted by Gasteiger charge is 2.62. The zero-order valence-electron chi connectivity index (χ0n) is 61.9. The zero-order valence-corrected chi connectivity index (χ0v) is 61.9. The number of hydrogen-bond acceptors (Lipinski definition) is 51. The molecule has 50 atom stereocenters. The van der Waals surface area contributed by atoms with Crippen LogP contribution in [0.3, 0.4) is 0 Å². The van der Waals surface area contributed by atoms with Gasteiger partial charge in [-0.15, -0.1) is 0 Å². The lowest BCUT2D eigenvalue weighted by Gasteiger charge is -2.50. The van der Waals surface area contributed by atoms with Crippen molar-refractivity contribution in [1.29, 1.82) is 0 Å². The summed E-state index contributed by atoms with van der Waals surface area (Å²) in [7, 11) is 0. The van der Waals surface area contributed by atoms with Crippen LogP contribution in [0.2, 0.25) is 0 Å². The lowest BCUT2D eigenvalue weighted by Crippen LogP contribution is -2.70. The predicted molar refractivity (Wildman–Crippen MR) is 353 cm³/mol. The van der Waals surface area contributed by atoms with Crippen molar-refractivity contribution in [3.8, 4) is 0 Å². The molecule has 0 bridgehead atoms. The minimum Gasteiger partial charge on any atom is -0.394 e. The maximum atomic E-state index is 12.9. The molecule has 10 aliphatic rings. The lowest BCUT2D eigenvalue weighted by molar-refractivity contribution is -0.412. The van der Waals surface area contributed by atoms with E-state index in [0.29, 0.717) is 0 Å². The van der Waals surface area contributed by atoms with Gasteiger partial charge in [-0.2, -0.15) is 0 Å². The summed E-state index contributed by atoms with van der Waals surface area (Å²) >= 11 is 0. The molecule has 0 saturated carbocycles. The molecule has 53 heteroatoms. The lowest BCUT2D eigenvalue weighted by atomic mass is 9.94. The SMILES string of the molecule is CC(=O)N[C@H]1[C@H](O[C@H]2[C@H](O)[C@@H](NC(C)=O)C(O)O[C@@H]2CO)O[C@H](CO)[C@@H](O[C@@H]2O[C@H](CO[C@H]3O[C@H](CO[C@H]4O[C@H](CO)[C@@H](O)[C@H](O)[C@@H]4O)[C@@H](O)[C@H](O[C@H]4O[C@H](CO)[C@@H](O)[C@H](O)[C@@H]4O[C@H]4O[C@H](CO)[C@@H](O)[C@H](O)[C@@H]4O[C@H]4O[C@H](CO)[C@@H](O)[C@H](O)[C@@H]4O[C@H]4O[C@H](CO)[C@@H](O)[C@H](O)[C@@H]4O)[C@@H]3O)[C@@H](O)[C@H](O[C@H]3O[C@H](CO)[C@@H](O)[C@H](O)[C@@H]3O)[C@@H]2O)[C@@H]1O. The van der Waals surface area contributed by atoms with Crippen molar-refractivity contribution in [1.82, 2.24) is 10.6 Å². The van der Waals surface area contributed by atoms with Gasteiger partial charge in [0.1, 0.15) is 244 Å². The first-order valence-corrected chi connectivity index (χ1v) is 37.2. The van der Waals surface area contributed by atoms with Crippen molar-refractivity contribution in [2.75, 3.05) is 66.1 Å². The monoisotopic (exact) mass is 1720 g/mol. The minimum atomic E-state index is -2.57. The smallest absolute Gasteiger partial charge is 0.217 e. The Kier molecular flexibility index (Phi) is 34.4. The Morgan fingerprint density at radius 1 is 0.222 bits per heavy atom. The Morgan fingerprint density at radius 3 is 0.838 bits per heavy atom. The molecule has 32 N–H and O–H groups in total. The first-order chi connectivity index (χ1) is 55.4. The van der Waals surface area contributed by atoms with Gasteiger partial charge in [-0.1, -0.05) is 0 Å². The van der Waals surface area contributed by atoms with Crippen LogP contribution in [0.15, 0.2) is 0 Å².